The molecule has 2 heterocycles. The van der Waals surface area contributed by atoms with Gasteiger partial charge in [0.1, 0.15) is 12.4 Å². The molecule has 2 aromatic heterocycles. The van der Waals surface area contributed by atoms with Crippen molar-refractivity contribution < 1.29 is 4.74 Å². The Labute approximate surface area is 189 Å². The maximum atomic E-state index is 12.6. The molecule has 0 saturated carbocycles. The van der Waals surface area contributed by atoms with Gasteiger partial charge < -0.3 is 14.3 Å². The van der Waals surface area contributed by atoms with Gasteiger partial charge in [0.05, 0.1) is 5.52 Å². The van der Waals surface area contributed by atoms with E-state index in [-0.39, 0.29) is 5.43 Å². The molecule has 6 nitrogen and oxygen atoms in total. The molecule has 0 radical (unpaired) electrons. The summed E-state index contributed by atoms with van der Waals surface area (Å²) in [5, 5.41) is 10.8. The van der Waals surface area contributed by atoms with Crippen molar-refractivity contribution in [2.75, 3.05) is 0 Å². The first-order valence-electron chi connectivity index (χ1n) is 10.0. The third-order valence-electron chi connectivity index (χ3n) is 4.98. The largest absolute Gasteiger partial charge is 0.486 e. The highest BCUT2D eigenvalue weighted by atomic mass is 35.5. The Hall–Kier alpha value is -2.77. The van der Waals surface area contributed by atoms with Crippen molar-refractivity contribution in [3.63, 3.8) is 0 Å². The number of aromatic nitrogens is 4. The number of nitrogens with one attached hydrogen (secondary N) is 1. The molecule has 0 atom stereocenters. The molecule has 0 bridgehead atoms. The lowest BCUT2D eigenvalue weighted by molar-refractivity contribution is 0.288. The van der Waals surface area contributed by atoms with Crippen molar-refractivity contribution in [1.82, 2.24) is 19.7 Å². The number of thioether (sulfide) groups is 1. The fourth-order valence-electron chi connectivity index (χ4n) is 3.51. The number of H-pyrrole nitrogens is 1. The molecule has 8 heteroatoms. The summed E-state index contributed by atoms with van der Waals surface area (Å²) in [4.78, 5) is 16.0. The average Bonchev–Trinajstić information content (AvgIpc) is 3.14. The van der Waals surface area contributed by atoms with Gasteiger partial charge in [-0.2, -0.15) is 0 Å². The molecule has 1 N–H and O–H groups in total. The van der Waals surface area contributed by atoms with Crippen molar-refractivity contribution in [2.24, 2.45) is 0 Å². The number of halogens is 1. The highest BCUT2D eigenvalue weighted by Gasteiger charge is 2.13. The zero-order chi connectivity index (χ0) is 22.0. The van der Waals surface area contributed by atoms with Gasteiger partial charge in [-0.15, -0.1) is 10.2 Å². The third kappa shape index (κ3) is 4.78. The van der Waals surface area contributed by atoms with Crippen molar-refractivity contribution in [2.45, 2.75) is 44.8 Å². The summed E-state index contributed by atoms with van der Waals surface area (Å²) < 4.78 is 7.84. The van der Waals surface area contributed by atoms with Crippen LogP contribution in [0.5, 0.6) is 5.75 Å². The number of ether oxygens (including phenoxy) is 1. The zero-order valence-corrected chi connectivity index (χ0v) is 19.2. The first kappa shape index (κ1) is 21.5. The van der Waals surface area contributed by atoms with Crippen molar-refractivity contribution >= 4 is 34.3 Å². The Bertz CT molecular complexity index is 1280. The Morgan fingerprint density at radius 2 is 1.90 bits per heavy atom. The minimum absolute atomic E-state index is 0.0326. The van der Waals surface area contributed by atoms with Gasteiger partial charge in [-0.1, -0.05) is 29.4 Å². The molecule has 0 spiro atoms. The van der Waals surface area contributed by atoms with Crippen LogP contribution in [0.4, 0.5) is 0 Å². The Morgan fingerprint density at radius 1 is 1.13 bits per heavy atom. The summed E-state index contributed by atoms with van der Waals surface area (Å²) in [5.74, 6) is 2.07. The van der Waals surface area contributed by atoms with E-state index in [2.05, 4.69) is 21.2 Å². The summed E-state index contributed by atoms with van der Waals surface area (Å²) >= 11 is 7.46. The van der Waals surface area contributed by atoms with Crippen LogP contribution < -0.4 is 10.2 Å². The minimum Gasteiger partial charge on any atom is -0.486 e. The Morgan fingerprint density at radius 3 is 2.65 bits per heavy atom. The maximum absolute atomic E-state index is 12.6. The quantitative estimate of drug-likeness (QED) is 0.384. The van der Waals surface area contributed by atoms with E-state index in [0.29, 0.717) is 17.4 Å². The molecule has 0 aliphatic rings. The first-order chi connectivity index (χ1) is 14.9. The summed E-state index contributed by atoms with van der Waals surface area (Å²) in [6.45, 7) is 7.10. The van der Waals surface area contributed by atoms with Crippen molar-refractivity contribution in [3.8, 4) is 5.75 Å². The number of hydrogen-bond donors (Lipinski definition) is 1. The van der Waals surface area contributed by atoms with E-state index in [4.69, 9.17) is 16.3 Å². The van der Waals surface area contributed by atoms with Gasteiger partial charge in [0.15, 0.2) is 16.4 Å². The minimum atomic E-state index is 0.0326. The van der Waals surface area contributed by atoms with Gasteiger partial charge in [-0.05, 0) is 62.2 Å². The van der Waals surface area contributed by atoms with Gasteiger partial charge in [-0.25, -0.2) is 0 Å². The number of aryl methyl sites for hydroxylation is 2. The first-order valence-corrected chi connectivity index (χ1v) is 11.4. The van der Waals surface area contributed by atoms with E-state index < -0.39 is 0 Å². The molecule has 2 aromatic carbocycles. The number of benzene rings is 2. The molecule has 0 aliphatic carbocycles. The standard InChI is InChI=1S/C23H23ClN4O2S/c1-4-28-21(12-30-18-7-5-16(24)6-8-18)26-27-23(28)31-13-17-11-20(29)19-10-14(2)9-15(3)22(19)25-17/h5-11H,4,12-13H2,1-3H3,(H,25,29). The van der Waals surface area contributed by atoms with Crippen LogP contribution in [-0.4, -0.2) is 19.7 Å². The van der Waals surface area contributed by atoms with E-state index in [1.54, 1.807) is 30.0 Å². The molecule has 0 fully saturated rings. The summed E-state index contributed by atoms with van der Waals surface area (Å²) in [6.07, 6.45) is 0. The van der Waals surface area contributed by atoms with Crippen LogP contribution in [0.3, 0.4) is 0 Å². The second-order valence-corrected chi connectivity index (χ2v) is 8.72. The van der Waals surface area contributed by atoms with Crippen LogP contribution in [0, 0.1) is 13.8 Å². The summed E-state index contributed by atoms with van der Waals surface area (Å²) in [5.41, 5.74) is 3.94. The van der Waals surface area contributed by atoms with Crippen molar-refractivity contribution in [1.29, 1.82) is 0 Å². The highest BCUT2D eigenvalue weighted by molar-refractivity contribution is 7.98. The fraction of sp³-hybridized carbons (Fsp3) is 0.261. The SMILES string of the molecule is CCn1c(COc2ccc(Cl)cc2)nnc1SCc1cc(=O)c2cc(C)cc(C)c2[nH]1. The Balaban J connectivity index is 1.50. The molecule has 31 heavy (non-hydrogen) atoms. The highest BCUT2D eigenvalue weighted by Crippen LogP contribution is 2.24. The lowest BCUT2D eigenvalue weighted by Gasteiger charge is -2.10. The van der Waals surface area contributed by atoms with Gasteiger partial charge in [0, 0.05) is 34.5 Å². The zero-order valence-electron chi connectivity index (χ0n) is 17.6. The number of fused-ring (bicyclic) bond motifs is 1. The van der Waals surface area contributed by atoms with Crippen molar-refractivity contribution in [3.05, 3.63) is 80.4 Å². The molecular weight excluding hydrogens is 432 g/mol. The summed E-state index contributed by atoms with van der Waals surface area (Å²) in [6, 6.07) is 12.9. The van der Waals surface area contributed by atoms with Crippen LogP contribution in [0.25, 0.3) is 10.9 Å². The van der Waals surface area contributed by atoms with Gasteiger partial charge in [-0.3, -0.25) is 4.79 Å². The molecule has 160 valence electrons. The van der Waals surface area contributed by atoms with Crippen LogP contribution in [0.2, 0.25) is 5.02 Å². The van der Waals surface area contributed by atoms with E-state index in [1.165, 1.54) is 0 Å². The fourth-order valence-corrected chi connectivity index (χ4v) is 4.56. The molecule has 0 unspecified atom stereocenters. The number of rotatable bonds is 7. The van der Waals surface area contributed by atoms with Gasteiger partial charge in [0.2, 0.25) is 0 Å². The Kier molecular flexibility index (Phi) is 6.34. The second-order valence-electron chi connectivity index (χ2n) is 7.34. The molecule has 4 rings (SSSR count). The topological polar surface area (TPSA) is 72.8 Å². The maximum Gasteiger partial charge on any atom is 0.191 e. The van der Waals surface area contributed by atoms with Gasteiger partial charge in [0.25, 0.3) is 0 Å². The third-order valence-corrected chi connectivity index (χ3v) is 6.25. The number of pyridine rings is 1. The van der Waals surface area contributed by atoms with Crippen LogP contribution in [-0.2, 0) is 18.9 Å². The predicted octanol–water partition coefficient (Wildman–Crippen LogP) is 5.28. The van der Waals surface area contributed by atoms with Crippen LogP contribution >= 0.6 is 23.4 Å². The summed E-state index contributed by atoms with van der Waals surface area (Å²) in [7, 11) is 0. The normalized spacial score (nSPS) is 11.2. The predicted molar refractivity (Wildman–Crippen MR) is 125 cm³/mol. The van der Waals surface area contributed by atoms with E-state index in [0.717, 1.165) is 51.0 Å². The average molecular weight is 455 g/mol. The number of aromatic amines is 1. The molecular formula is C23H23ClN4O2S. The molecule has 0 amide bonds. The lowest BCUT2D eigenvalue weighted by Crippen LogP contribution is -2.08. The van der Waals surface area contributed by atoms with Crippen LogP contribution in [0.1, 0.15) is 29.6 Å². The molecule has 0 saturated heterocycles. The van der Waals surface area contributed by atoms with E-state index >= 15 is 0 Å². The monoisotopic (exact) mass is 454 g/mol. The van der Waals surface area contributed by atoms with Gasteiger partial charge >= 0.3 is 0 Å². The van der Waals surface area contributed by atoms with E-state index in [9.17, 15) is 4.79 Å². The number of hydrogen-bond acceptors (Lipinski definition) is 5. The molecule has 0 aliphatic heterocycles. The van der Waals surface area contributed by atoms with E-state index in [1.807, 2.05) is 43.5 Å². The number of nitrogens with zero attached hydrogens (tertiary/aromatic N) is 3. The molecule has 4 aromatic rings. The smallest absolute Gasteiger partial charge is 0.191 e. The van der Waals surface area contributed by atoms with Crippen LogP contribution in [0.15, 0.2) is 52.4 Å². The lowest BCUT2D eigenvalue weighted by atomic mass is 10.1. The second kappa shape index (κ2) is 9.16.